The molecule has 3 atom stereocenters. The number of aliphatic hydroxyl groups excluding tert-OH is 1. The van der Waals surface area contributed by atoms with Crippen LogP contribution in [0.1, 0.15) is 29.3 Å². The number of nitrogens with one attached hydrogen (secondary N) is 2. The highest BCUT2D eigenvalue weighted by Gasteiger charge is 2.34. The van der Waals surface area contributed by atoms with Crippen molar-refractivity contribution in [3.8, 4) is 5.75 Å². The Morgan fingerprint density at radius 3 is 3.03 bits per heavy atom. The van der Waals surface area contributed by atoms with E-state index in [2.05, 4.69) is 20.6 Å². The van der Waals surface area contributed by atoms with Gasteiger partial charge in [0.15, 0.2) is 18.2 Å². The summed E-state index contributed by atoms with van der Waals surface area (Å²) in [6.45, 7) is 3.63. The fraction of sp³-hybridized carbons (Fsp3) is 0.455. The second kappa shape index (κ2) is 8.36. The SMILES string of the molecule is Cc1nccc2c1CC(CNCCC1CN(c3ccc4c(n3)NC(=O)CO4)C(=O)O1)C2O. The zero-order valence-corrected chi connectivity index (χ0v) is 17.7. The van der Waals surface area contributed by atoms with Crippen molar-refractivity contribution >= 4 is 23.6 Å². The number of amides is 2. The van der Waals surface area contributed by atoms with Crippen LogP contribution in [0.15, 0.2) is 24.4 Å². The number of carbonyl (C=O) groups is 2. The Kier molecular flexibility index (Phi) is 5.40. The minimum atomic E-state index is -0.487. The molecule has 1 aliphatic carbocycles. The number of aromatic nitrogens is 2. The molecule has 2 amide bonds. The van der Waals surface area contributed by atoms with Crippen molar-refractivity contribution in [2.24, 2.45) is 5.92 Å². The number of aryl methyl sites for hydroxylation is 1. The zero-order valence-electron chi connectivity index (χ0n) is 17.7. The van der Waals surface area contributed by atoms with E-state index < -0.39 is 12.2 Å². The molecule has 1 saturated heterocycles. The van der Waals surface area contributed by atoms with E-state index in [1.54, 1.807) is 18.3 Å². The minimum Gasteiger partial charge on any atom is -0.480 e. The van der Waals surface area contributed by atoms with E-state index in [1.165, 1.54) is 4.90 Å². The summed E-state index contributed by atoms with van der Waals surface area (Å²) < 4.78 is 10.8. The number of anilines is 2. The lowest BCUT2D eigenvalue weighted by Crippen LogP contribution is -2.30. The molecule has 0 radical (unpaired) electrons. The van der Waals surface area contributed by atoms with E-state index in [-0.39, 0.29) is 24.5 Å². The van der Waals surface area contributed by atoms with Gasteiger partial charge in [-0.2, -0.15) is 0 Å². The number of aliphatic hydroxyl groups is 1. The molecule has 10 heteroatoms. The summed E-state index contributed by atoms with van der Waals surface area (Å²) in [5, 5.41) is 16.6. The van der Waals surface area contributed by atoms with Gasteiger partial charge in [0.2, 0.25) is 0 Å². The van der Waals surface area contributed by atoms with Gasteiger partial charge in [-0.15, -0.1) is 0 Å². The molecular formula is C22H25N5O5. The molecule has 0 bridgehead atoms. The van der Waals surface area contributed by atoms with E-state index in [0.29, 0.717) is 43.4 Å². The molecule has 1 fully saturated rings. The van der Waals surface area contributed by atoms with Gasteiger partial charge >= 0.3 is 6.09 Å². The van der Waals surface area contributed by atoms with Crippen molar-refractivity contribution in [2.45, 2.75) is 32.0 Å². The van der Waals surface area contributed by atoms with Crippen LogP contribution >= 0.6 is 0 Å². The van der Waals surface area contributed by atoms with E-state index in [4.69, 9.17) is 9.47 Å². The molecule has 0 spiro atoms. The van der Waals surface area contributed by atoms with Crippen LogP contribution in [0.2, 0.25) is 0 Å². The fourth-order valence-electron chi connectivity index (χ4n) is 4.48. The third-order valence-corrected chi connectivity index (χ3v) is 6.20. The lowest BCUT2D eigenvalue weighted by molar-refractivity contribution is -0.118. The van der Waals surface area contributed by atoms with Gasteiger partial charge in [-0.05, 0) is 55.6 Å². The summed E-state index contributed by atoms with van der Waals surface area (Å²) >= 11 is 0. The number of nitrogens with zero attached hydrogens (tertiary/aromatic N) is 3. The van der Waals surface area contributed by atoms with E-state index in [1.807, 2.05) is 13.0 Å². The van der Waals surface area contributed by atoms with Crippen LogP contribution in [-0.2, 0) is 16.0 Å². The number of ether oxygens (including phenoxy) is 2. The predicted molar refractivity (Wildman–Crippen MR) is 115 cm³/mol. The topological polar surface area (TPSA) is 126 Å². The first-order valence-electron chi connectivity index (χ1n) is 10.7. The second-order valence-electron chi connectivity index (χ2n) is 8.34. The summed E-state index contributed by atoms with van der Waals surface area (Å²) in [7, 11) is 0. The molecule has 5 rings (SSSR count). The first-order chi connectivity index (χ1) is 15.5. The van der Waals surface area contributed by atoms with Gasteiger partial charge in [-0.25, -0.2) is 9.78 Å². The largest absolute Gasteiger partial charge is 0.480 e. The lowest BCUT2D eigenvalue weighted by atomic mass is 10.0. The molecule has 0 aromatic carbocycles. The monoisotopic (exact) mass is 439 g/mol. The molecule has 4 heterocycles. The van der Waals surface area contributed by atoms with Crippen molar-refractivity contribution in [1.29, 1.82) is 0 Å². The van der Waals surface area contributed by atoms with Gasteiger partial charge < -0.3 is 25.2 Å². The van der Waals surface area contributed by atoms with Crippen LogP contribution in [0.25, 0.3) is 0 Å². The Morgan fingerprint density at radius 1 is 1.31 bits per heavy atom. The average Bonchev–Trinajstić information content (AvgIpc) is 3.31. The van der Waals surface area contributed by atoms with Crippen LogP contribution in [0.3, 0.4) is 0 Å². The van der Waals surface area contributed by atoms with E-state index in [9.17, 15) is 14.7 Å². The summed E-state index contributed by atoms with van der Waals surface area (Å²) in [5.41, 5.74) is 3.10. The van der Waals surface area contributed by atoms with Gasteiger partial charge in [0.05, 0.1) is 12.6 Å². The van der Waals surface area contributed by atoms with Gasteiger partial charge in [0.1, 0.15) is 11.9 Å². The van der Waals surface area contributed by atoms with Crippen LogP contribution in [0, 0.1) is 12.8 Å². The van der Waals surface area contributed by atoms with Crippen molar-refractivity contribution in [3.63, 3.8) is 0 Å². The van der Waals surface area contributed by atoms with Crippen LogP contribution in [0.4, 0.5) is 16.4 Å². The van der Waals surface area contributed by atoms with E-state index in [0.717, 1.165) is 23.2 Å². The van der Waals surface area contributed by atoms with Crippen molar-refractivity contribution in [2.75, 3.05) is 36.5 Å². The molecule has 3 N–H and O–H groups in total. The smallest absolute Gasteiger partial charge is 0.415 e. The molecule has 0 saturated carbocycles. The zero-order chi connectivity index (χ0) is 22.2. The fourth-order valence-corrected chi connectivity index (χ4v) is 4.48. The average molecular weight is 439 g/mol. The maximum atomic E-state index is 12.3. The second-order valence-corrected chi connectivity index (χ2v) is 8.34. The number of pyridine rings is 2. The summed E-state index contributed by atoms with van der Waals surface area (Å²) in [4.78, 5) is 34.0. The molecule has 32 heavy (non-hydrogen) atoms. The molecule has 2 aliphatic heterocycles. The standard InChI is InChI=1S/C22H25N5O5/c1-12-16-8-13(20(29)15(16)5-7-24-12)9-23-6-4-14-10-27(22(30)32-14)18-3-2-17-21(25-18)26-19(28)11-31-17/h2-3,5,7,13-14,20,23,29H,4,6,8-11H2,1H3,(H,25,26,28). The Bertz CT molecular complexity index is 1060. The van der Waals surface area contributed by atoms with Gasteiger partial charge in [-0.1, -0.05) is 0 Å². The Hall–Kier alpha value is -3.24. The van der Waals surface area contributed by atoms with Crippen molar-refractivity contribution in [3.05, 3.63) is 41.2 Å². The maximum absolute atomic E-state index is 12.3. The Morgan fingerprint density at radius 2 is 2.19 bits per heavy atom. The maximum Gasteiger partial charge on any atom is 0.415 e. The number of hydrogen-bond acceptors (Lipinski definition) is 8. The van der Waals surface area contributed by atoms with Crippen molar-refractivity contribution in [1.82, 2.24) is 15.3 Å². The third kappa shape index (κ3) is 3.87. The molecule has 168 valence electrons. The number of cyclic esters (lactones) is 1. The van der Waals surface area contributed by atoms with Crippen LogP contribution in [0.5, 0.6) is 5.75 Å². The highest BCUT2D eigenvalue weighted by molar-refractivity contribution is 5.95. The Labute approximate surface area is 184 Å². The predicted octanol–water partition coefficient (Wildman–Crippen LogP) is 1.33. The van der Waals surface area contributed by atoms with Gasteiger partial charge in [0.25, 0.3) is 5.91 Å². The quantitative estimate of drug-likeness (QED) is 0.576. The summed E-state index contributed by atoms with van der Waals surface area (Å²) in [6.07, 6.45) is 1.97. The molecule has 3 aliphatic rings. The Balaban J connectivity index is 1.12. The highest BCUT2D eigenvalue weighted by atomic mass is 16.6. The lowest BCUT2D eigenvalue weighted by Gasteiger charge is -2.19. The van der Waals surface area contributed by atoms with Crippen LogP contribution in [-0.4, -0.2) is 59.4 Å². The number of carbonyl (C=O) groups excluding carboxylic acids is 2. The third-order valence-electron chi connectivity index (χ3n) is 6.20. The van der Waals surface area contributed by atoms with E-state index >= 15 is 0 Å². The minimum absolute atomic E-state index is 0.0463. The number of rotatable bonds is 6. The highest BCUT2D eigenvalue weighted by Crippen LogP contribution is 2.36. The molecular weight excluding hydrogens is 414 g/mol. The molecule has 2 aromatic heterocycles. The van der Waals surface area contributed by atoms with Gasteiger partial charge in [0, 0.05) is 24.4 Å². The molecule has 10 nitrogen and oxygen atoms in total. The first-order valence-corrected chi connectivity index (χ1v) is 10.7. The number of hydrogen-bond donors (Lipinski definition) is 3. The molecule has 3 unspecified atom stereocenters. The summed E-state index contributed by atoms with van der Waals surface area (Å²) in [5.74, 6) is 1.01. The van der Waals surface area contributed by atoms with Gasteiger partial charge in [-0.3, -0.25) is 14.7 Å². The van der Waals surface area contributed by atoms with Crippen LogP contribution < -0.4 is 20.3 Å². The summed E-state index contributed by atoms with van der Waals surface area (Å²) in [6, 6.07) is 5.25. The normalized spacial score (nSPS) is 23.9. The molecule has 2 aromatic rings. The number of fused-ring (bicyclic) bond motifs is 2. The first kappa shape index (κ1) is 20.7. The van der Waals surface area contributed by atoms with Crippen molar-refractivity contribution < 1.29 is 24.2 Å².